The van der Waals surface area contributed by atoms with Crippen LogP contribution >= 0.6 is 0 Å². The monoisotopic (exact) mass is 485 g/mol. The number of nitrogens with two attached hydrogens (primary N) is 1. The van der Waals surface area contributed by atoms with E-state index < -0.39 is 0 Å². The molecule has 0 aliphatic rings. The first-order valence-electron chi connectivity index (χ1n) is 12.8. The zero-order valence-electron chi connectivity index (χ0n) is 20.6. The van der Waals surface area contributed by atoms with Crippen LogP contribution < -0.4 is 5.73 Å². The molecule has 178 valence electrons. The van der Waals surface area contributed by atoms with Gasteiger partial charge in [0.05, 0.1) is 16.6 Å². The Balaban J connectivity index is 1.32. The molecule has 3 heteroatoms. The smallest absolute Gasteiger partial charge is 0.146 e. The molecule has 3 nitrogen and oxygen atoms in total. The van der Waals surface area contributed by atoms with Crippen LogP contribution in [0.5, 0.6) is 0 Å². The fourth-order valence-corrected chi connectivity index (χ4v) is 5.77. The van der Waals surface area contributed by atoms with Gasteiger partial charge in [0, 0.05) is 16.5 Å². The zero-order valence-corrected chi connectivity index (χ0v) is 20.6. The van der Waals surface area contributed by atoms with E-state index in [-0.39, 0.29) is 0 Å². The van der Waals surface area contributed by atoms with Gasteiger partial charge in [0.25, 0.3) is 0 Å². The summed E-state index contributed by atoms with van der Waals surface area (Å²) < 4.78 is 2.30. The van der Waals surface area contributed by atoms with Crippen molar-refractivity contribution in [2.45, 2.75) is 0 Å². The maximum Gasteiger partial charge on any atom is 0.146 e. The average molecular weight is 486 g/mol. The maximum absolute atomic E-state index is 5.87. The lowest BCUT2D eigenvalue weighted by atomic mass is 9.96. The average Bonchev–Trinajstić information content (AvgIpc) is 3.37. The highest BCUT2D eigenvalue weighted by Gasteiger charge is 2.14. The van der Waals surface area contributed by atoms with Gasteiger partial charge in [0.2, 0.25) is 0 Å². The molecule has 0 fully saturated rings. The van der Waals surface area contributed by atoms with Crippen molar-refractivity contribution in [3.8, 4) is 22.3 Å². The van der Waals surface area contributed by atoms with Gasteiger partial charge in [-0.15, -0.1) is 0 Å². The van der Waals surface area contributed by atoms with Crippen LogP contribution in [0.15, 0.2) is 127 Å². The molecule has 0 aliphatic carbocycles. The summed E-state index contributed by atoms with van der Waals surface area (Å²) >= 11 is 0. The number of imidazole rings is 1. The molecule has 6 aromatic carbocycles. The first kappa shape index (κ1) is 21.0. The van der Waals surface area contributed by atoms with E-state index in [1.54, 1.807) is 0 Å². The molecule has 0 saturated carbocycles. The third-order valence-corrected chi connectivity index (χ3v) is 7.67. The minimum atomic E-state index is 0.782. The fraction of sp³-hybridized carbons (Fsp3) is 0. The Hall–Kier alpha value is -5.15. The lowest BCUT2D eigenvalue weighted by molar-refractivity contribution is 1.31. The van der Waals surface area contributed by atoms with E-state index in [4.69, 9.17) is 10.7 Å². The first-order valence-corrected chi connectivity index (χ1v) is 12.8. The third-order valence-electron chi connectivity index (χ3n) is 7.67. The summed E-state index contributed by atoms with van der Waals surface area (Å²) in [6.45, 7) is 0. The summed E-state index contributed by atoms with van der Waals surface area (Å²) in [5.74, 6) is 0. The highest BCUT2D eigenvalue weighted by molar-refractivity contribution is 6.14. The number of rotatable bonds is 2. The zero-order chi connectivity index (χ0) is 25.2. The lowest BCUT2D eigenvalue weighted by Crippen LogP contribution is -1.92. The molecule has 8 rings (SSSR count). The van der Waals surface area contributed by atoms with Crippen LogP contribution in [0.2, 0.25) is 0 Å². The Morgan fingerprint density at radius 1 is 0.474 bits per heavy atom. The van der Waals surface area contributed by atoms with E-state index in [2.05, 4.69) is 120 Å². The summed E-state index contributed by atoms with van der Waals surface area (Å²) in [6.07, 6.45) is 0. The van der Waals surface area contributed by atoms with Crippen molar-refractivity contribution in [3.63, 3.8) is 0 Å². The van der Waals surface area contributed by atoms with Crippen molar-refractivity contribution in [2.24, 2.45) is 0 Å². The Morgan fingerprint density at radius 3 is 1.87 bits per heavy atom. The SMILES string of the molecule is Nc1ccc(-c2ccc3cc(-c4ccc5c(c4)c4ccccc4c4nc6ccccc6n54)ccc3c2)cc1. The van der Waals surface area contributed by atoms with Gasteiger partial charge >= 0.3 is 0 Å². The Morgan fingerprint density at radius 2 is 1.08 bits per heavy atom. The molecule has 0 aliphatic heterocycles. The minimum Gasteiger partial charge on any atom is -0.399 e. The first-order chi connectivity index (χ1) is 18.7. The van der Waals surface area contributed by atoms with Gasteiger partial charge < -0.3 is 5.73 Å². The molecule has 2 heterocycles. The molecule has 0 unspecified atom stereocenters. The number of fused-ring (bicyclic) bond motifs is 9. The molecule has 2 N–H and O–H groups in total. The van der Waals surface area contributed by atoms with Crippen LogP contribution in [-0.2, 0) is 0 Å². The molecule has 38 heavy (non-hydrogen) atoms. The highest BCUT2D eigenvalue weighted by atomic mass is 15.0. The molecule has 0 atom stereocenters. The molecular formula is C35H23N3. The van der Waals surface area contributed by atoms with Crippen molar-refractivity contribution in [1.82, 2.24) is 9.38 Å². The van der Waals surface area contributed by atoms with E-state index in [0.717, 1.165) is 22.4 Å². The summed E-state index contributed by atoms with van der Waals surface area (Å²) in [5.41, 5.74) is 15.8. The summed E-state index contributed by atoms with van der Waals surface area (Å²) in [5, 5.41) is 6.07. The van der Waals surface area contributed by atoms with Crippen LogP contribution in [-0.4, -0.2) is 9.38 Å². The summed E-state index contributed by atoms with van der Waals surface area (Å²) in [4.78, 5) is 5.00. The van der Waals surface area contributed by atoms with Crippen LogP contribution in [0.4, 0.5) is 5.69 Å². The van der Waals surface area contributed by atoms with Gasteiger partial charge in [-0.2, -0.15) is 0 Å². The summed E-state index contributed by atoms with van der Waals surface area (Å²) in [7, 11) is 0. The third kappa shape index (κ3) is 3.12. The second-order valence-electron chi connectivity index (χ2n) is 9.94. The summed E-state index contributed by atoms with van der Waals surface area (Å²) in [6, 6.07) is 45.2. The van der Waals surface area contributed by atoms with Crippen molar-refractivity contribution in [1.29, 1.82) is 0 Å². The van der Waals surface area contributed by atoms with Crippen molar-refractivity contribution >= 4 is 54.8 Å². The van der Waals surface area contributed by atoms with Crippen LogP contribution in [0, 0.1) is 0 Å². The van der Waals surface area contributed by atoms with E-state index in [9.17, 15) is 0 Å². The van der Waals surface area contributed by atoms with Gasteiger partial charge in [0.1, 0.15) is 5.65 Å². The Bertz CT molecular complexity index is 2190. The minimum absolute atomic E-state index is 0.782. The van der Waals surface area contributed by atoms with E-state index >= 15 is 0 Å². The van der Waals surface area contributed by atoms with E-state index in [1.165, 1.54) is 54.7 Å². The maximum atomic E-state index is 5.87. The second-order valence-corrected chi connectivity index (χ2v) is 9.94. The predicted octanol–water partition coefficient (Wildman–Crippen LogP) is 8.86. The van der Waals surface area contributed by atoms with Crippen LogP contribution in [0.25, 0.3) is 71.4 Å². The number of anilines is 1. The second kappa shape index (κ2) is 7.92. The molecule has 0 radical (unpaired) electrons. The molecular weight excluding hydrogens is 462 g/mol. The van der Waals surface area contributed by atoms with E-state index in [0.29, 0.717) is 0 Å². The topological polar surface area (TPSA) is 43.3 Å². The van der Waals surface area contributed by atoms with E-state index in [1.807, 2.05) is 12.1 Å². The van der Waals surface area contributed by atoms with Gasteiger partial charge in [-0.1, -0.05) is 78.9 Å². The molecule has 8 aromatic rings. The van der Waals surface area contributed by atoms with Crippen LogP contribution in [0.1, 0.15) is 0 Å². The van der Waals surface area contributed by atoms with Crippen LogP contribution in [0.3, 0.4) is 0 Å². The quantitative estimate of drug-likeness (QED) is 0.196. The number of para-hydroxylation sites is 2. The fourth-order valence-electron chi connectivity index (χ4n) is 5.77. The number of nitrogens with zero attached hydrogens (tertiary/aromatic N) is 2. The number of pyridine rings is 1. The molecule has 2 aromatic heterocycles. The Kier molecular flexibility index (Phi) is 4.38. The van der Waals surface area contributed by atoms with Crippen molar-refractivity contribution in [2.75, 3.05) is 5.73 Å². The molecule has 0 saturated heterocycles. The molecule has 0 spiro atoms. The number of benzene rings is 6. The van der Waals surface area contributed by atoms with Gasteiger partial charge in [-0.3, -0.25) is 4.40 Å². The van der Waals surface area contributed by atoms with Gasteiger partial charge in [0.15, 0.2) is 0 Å². The predicted molar refractivity (Wildman–Crippen MR) is 161 cm³/mol. The standard InChI is InChI=1S/C35H23N3/c36-28-16-13-22(14-17-28)23-9-10-25-20-26(12-11-24(25)19-23)27-15-18-33-31(21-27)29-5-1-2-6-30(29)35-37-32-7-3-4-8-34(32)38(33)35/h1-21H,36H2. The highest BCUT2D eigenvalue weighted by Crippen LogP contribution is 2.35. The number of aromatic nitrogens is 2. The molecule has 0 amide bonds. The molecule has 0 bridgehead atoms. The van der Waals surface area contributed by atoms with Gasteiger partial charge in [-0.25, -0.2) is 4.98 Å². The number of hydrogen-bond acceptors (Lipinski definition) is 2. The normalized spacial score (nSPS) is 11.8. The largest absolute Gasteiger partial charge is 0.399 e. The number of hydrogen-bond donors (Lipinski definition) is 1. The Labute approximate surface area is 219 Å². The van der Waals surface area contributed by atoms with Crippen molar-refractivity contribution in [3.05, 3.63) is 127 Å². The van der Waals surface area contributed by atoms with Crippen molar-refractivity contribution < 1.29 is 0 Å². The number of nitrogen functional groups attached to an aromatic ring is 1. The lowest BCUT2D eigenvalue weighted by Gasteiger charge is -2.12. The van der Waals surface area contributed by atoms with Gasteiger partial charge in [-0.05, 0) is 86.9 Å².